The van der Waals surface area contributed by atoms with E-state index in [4.69, 9.17) is 9.47 Å². The molecule has 0 spiro atoms. The van der Waals surface area contributed by atoms with Gasteiger partial charge in [0.05, 0.1) is 18.0 Å². The van der Waals surface area contributed by atoms with Gasteiger partial charge >= 0.3 is 6.09 Å². The highest BCUT2D eigenvalue weighted by Gasteiger charge is 2.18. The molecule has 0 fully saturated rings. The Morgan fingerprint density at radius 2 is 2.15 bits per heavy atom. The van der Waals surface area contributed by atoms with E-state index in [2.05, 4.69) is 21.9 Å². The number of ether oxygens (including phenoxy) is 2. The minimum absolute atomic E-state index is 0.000991. The van der Waals surface area contributed by atoms with Gasteiger partial charge in [0.15, 0.2) is 6.61 Å². The van der Waals surface area contributed by atoms with Gasteiger partial charge in [-0.15, -0.1) is 0 Å². The zero-order valence-corrected chi connectivity index (χ0v) is 15.2. The Kier molecular flexibility index (Phi) is 5.71. The smallest absolute Gasteiger partial charge is 0.427 e. The van der Waals surface area contributed by atoms with Crippen molar-refractivity contribution in [3.63, 3.8) is 0 Å². The van der Waals surface area contributed by atoms with Gasteiger partial charge in [-0.05, 0) is 37.6 Å². The van der Waals surface area contributed by atoms with E-state index < -0.39 is 6.09 Å². The first kappa shape index (κ1) is 18.4. The van der Waals surface area contributed by atoms with E-state index in [0.29, 0.717) is 23.6 Å². The summed E-state index contributed by atoms with van der Waals surface area (Å²) < 4.78 is 10.3. The van der Waals surface area contributed by atoms with Crippen molar-refractivity contribution in [1.82, 2.24) is 5.43 Å². The largest absolute Gasteiger partial charge is 0.482 e. The molecule has 2 N–H and O–H groups in total. The summed E-state index contributed by atoms with van der Waals surface area (Å²) in [6, 6.07) is 13.5. The molecule has 2 aromatic carbocycles. The second-order valence-electron chi connectivity index (χ2n) is 6.10. The summed E-state index contributed by atoms with van der Waals surface area (Å²) in [5.74, 6) is 0.396. The summed E-state index contributed by atoms with van der Waals surface area (Å²) in [6.07, 6.45) is -0.115. The number of anilines is 1. The number of nitrogens with zero attached hydrogens (tertiary/aromatic N) is 1. The number of hydrogen-bond acceptors (Lipinski definition) is 5. The van der Waals surface area contributed by atoms with Gasteiger partial charge in [-0.25, -0.2) is 10.2 Å². The fourth-order valence-electron chi connectivity index (χ4n) is 2.76. The monoisotopic (exact) mass is 367 g/mol. The van der Waals surface area contributed by atoms with Crippen LogP contribution in [-0.2, 0) is 16.0 Å². The second-order valence-corrected chi connectivity index (χ2v) is 6.10. The lowest BCUT2D eigenvalue weighted by Gasteiger charge is -2.19. The minimum Gasteiger partial charge on any atom is -0.482 e. The van der Waals surface area contributed by atoms with Gasteiger partial charge in [0.25, 0.3) is 5.91 Å². The van der Waals surface area contributed by atoms with E-state index in [1.807, 2.05) is 31.2 Å². The minimum atomic E-state index is -0.617. The van der Waals surface area contributed by atoms with Crippen LogP contribution in [0.3, 0.4) is 0 Å². The van der Waals surface area contributed by atoms with Crippen LogP contribution in [0.1, 0.15) is 23.6 Å². The molecule has 7 heteroatoms. The third-order valence-corrected chi connectivity index (χ3v) is 3.96. The summed E-state index contributed by atoms with van der Waals surface area (Å²) in [7, 11) is 0. The van der Waals surface area contributed by atoms with Crippen molar-refractivity contribution < 1.29 is 19.1 Å². The number of amides is 2. The highest BCUT2D eigenvalue weighted by atomic mass is 16.5. The van der Waals surface area contributed by atoms with Gasteiger partial charge < -0.3 is 14.8 Å². The van der Waals surface area contributed by atoms with E-state index in [9.17, 15) is 9.59 Å². The molecule has 1 aliphatic rings. The summed E-state index contributed by atoms with van der Waals surface area (Å²) in [5, 5.41) is 7.03. The van der Waals surface area contributed by atoms with E-state index in [1.165, 1.54) is 0 Å². The number of carbonyl (C=O) groups is 2. The van der Waals surface area contributed by atoms with Gasteiger partial charge in [-0.2, -0.15) is 5.10 Å². The number of carbonyl (C=O) groups excluding carboxylic acids is 2. The fraction of sp³-hybridized carbons (Fsp3) is 0.250. The normalized spacial score (nSPS) is 13.3. The molecule has 1 heterocycles. The summed E-state index contributed by atoms with van der Waals surface area (Å²) in [4.78, 5) is 23.2. The molecule has 3 rings (SSSR count). The van der Waals surface area contributed by atoms with Crippen LogP contribution in [0, 0.1) is 6.92 Å². The predicted octanol–water partition coefficient (Wildman–Crippen LogP) is 3.02. The highest BCUT2D eigenvalue weighted by molar-refractivity contribution is 6.04. The quantitative estimate of drug-likeness (QED) is 0.628. The number of hydrogen-bond donors (Lipinski definition) is 2. The Balaban J connectivity index is 1.91. The van der Waals surface area contributed by atoms with Gasteiger partial charge in [0, 0.05) is 12.0 Å². The molecule has 0 saturated carbocycles. The lowest BCUT2D eigenvalue weighted by atomic mass is 10.00. The summed E-state index contributed by atoms with van der Waals surface area (Å²) in [5.41, 5.74) is 6.58. The first-order valence-corrected chi connectivity index (χ1v) is 8.67. The number of benzene rings is 2. The van der Waals surface area contributed by atoms with Crippen molar-refractivity contribution in [2.45, 2.75) is 20.3 Å². The van der Waals surface area contributed by atoms with Gasteiger partial charge in [0.1, 0.15) is 5.75 Å². The van der Waals surface area contributed by atoms with E-state index >= 15 is 0 Å². The van der Waals surface area contributed by atoms with Crippen molar-refractivity contribution in [3.05, 3.63) is 59.2 Å². The topological polar surface area (TPSA) is 89.0 Å². The van der Waals surface area contributed by atoms with Crippen molar-refractivity contribution in [1.29, 1.82) is 0 Å². The average Bonchev–Trinajstić information content (AvgIpc) is 2.65. The number of rotatable bonds is 5. The molecule has 0 saturated heterocycles. The van der Waals surface area contributed by atoms with Crippen molar-refractivity contribution in [2.75, 3.05) is 18.5 Å². The Hall–Kier alpha value is -3.35. The Bertz CT molecular complexity index is 893. The molecular weight excluding hydrogens is 346 g/mol. The molecule has 0 atom stereocenters. The van der Waals surface area contributed by atoms with Crippen LogP contribution < -0.4 is 15.5 Å². The average molecular weight is 367 g/mol. The number of nitrogens with one attached hydrogen (secondary N) is 2. The maximum atomic E-state index is 11.6. The maximum Gasteiger partial charge on any atom is 0.427 e. The molecule has 0 aromatic heterocycles. The molecule has 2 aromatic rings. The third kappa shape index (κ3) is 4.84. The SMILES string of the molecule is CCOC(=O)N/N=C(/Cc1cccc(C)c1)c1ccc2c(c1)NC(=O)CO2. The maximum absolute atomic E-state index is 11.6. The zero-order valence-electron chi connectivity index (χ0n) is 15.2. The molecule has 1 aliphatic heterocycles. The van der Waals surface area contributed by atoms with E-state index in [-0.39, 0.29) is 19.1 Å². The zero-order chi connectivity index (χ0) is 19.2. The molecular formula is C20H21N3O4. The van der Waals surface area contributed by atoms with Crippen LogP contribution in [0.2, 0.25) is 0 Å². The van der Waals surface area contributed by atoms with Crippen LogP contribution in [0.15, 0.2) is 47.6 Å². The fourth-order valence-corrected chi connectivity index (χ4v) is 2.76. The standard InChI is InChI=1S/C20H21N3O4/c1-3-26-20(25)23-22-16(10-14-6-4-5-13(2)9-14)15-7-8-18-17(11-15)21-19(24)12-27-18/h4-9,11H,3,10,12H2,1-2H3,(H,21,24)(H,23,25)/b22-16-. The third-order valence-electron chi connectivity index (χ3n) is 3.96. The van der Waals surface area contributed by atoms with Crippen LogP contribution in [-0.4, -0.2) is 30.9 Å². The Morgan fingerprint density at radius 1 is 1.30 bits per heavy atom. The lowest BCUT2D eigenvalue weighted by molar-refractivity contribution is -0.118. The van der Waals surface area contributed by atoms with Gasteiger partial charge in [0.2, 0.25) is 0 Å². The molecule has 7 nitrogen and oxygen atoms in total. The lowest BCUT2D eigenvalue weighted by Crippen LogP contribution is -2.26. The van der Waals surface area contributed by atoms with Crippen LogP contribution >= 0.6 is 0 Å². The van der Waals surface area contributed by atoms with Gasteiger partial charge in [-0.1, -0.05) is 29.8 Å². The van der Waals surface area contributed by atoms with Gasteiger partial charge in [-0.3, -0.25) is 4.79 Å². The molecule has 2 amide bonds. The number of hydrazone groups is 1. The molecule has 140 valence electrons. The van der Waals surface area contributed by atoms with Crippen LogP contribution in [0.5, 0.6) is 5.75 Å². The molecule has 27 heavy (non-hydrogen) atoms. The summed E-state index contributed by atoms with van der Waals surface area (Å²) in [6.45, 7) is 4.00. The molecule has 0 radical (unpaired) electrons. The Morgan fingerprint density at radius 3 is 2.93 bits per heavy atom. The van der Waals surface area contributed by atoms with E-state index in [1.54, 1.807) is 19.1 Å². The first-order valence-electron chi connectivity index (χ1n) is 8.67. The van der Waals surface area contributed by atoms with E-state index in [0.717, 1.165) is 16.7 Å². The second kappa shape index (κ2) is 8.35. The van der Waals surface area contributed by atoms with Crippen LogP contribution in [0.25, 0.3) is 0 Å². The van der Waals surface area contributed by atoms with Crippen molar-refractivity contribution in [3.8, 4) is 5.75 Å². The predicted molar refractivity (Wildman–Crippen MR) is 102 cm³/mol. The summed E-state index contributed by atoms with van der Waals surface area (Å²) >= 11 is 0. The van der Waals surface area contributed by atoms with Crippen molar-refractivity contribution in [2.24, 2.45) is 5.10 Å². The highest BCUT2D eigenvalue weighted by Crippen LogP contribution is 2.29. The number of fused-ring (bicyclic) bond motifs is 1. The molecule has 0 aliphatic carbocycles. The first-order chi connectivity index (χ1) is 13.0. The number of aryl methyl sites for hydroxylation is 1. The Labute approximate surface area is 157 Å². The molecule has 0 bridgehead atoms. The van der Waals surface area contributed by atoms with Crippen molar-refractivity contribution >= 4 is 23.4 Å². The molecule has 0 unspecified atom stereocenters. The van der Waals surface area contributed by atoms with Crippen LogP contribution in [0.4, 0.5) is 10.5 Å².